The zero-order chi connectivity index (χ0) is 28.1. The molecule has 2 aromatic rings. The third-order valence-electron chi connectivity index (χ3n) is 9.69. The summed E-state index contributed by atoms with van der Waals surface area (Å²) in [6, 6.07) is 16.5. The van der Waals surface area contributed by atoms with E-state index in [9.17, 15) is 19.3 Å². The number of hydrogen-bond donors (Lipinski definition) is 1. The van der Waals surface area contributed by atoms with Gasteiger partial charge in [0.25, 0.3) is 0 Å². The molecule has 8 heteroatoms. The van der Waals surface area contributed by atoms with Crippen molar-refractivity contribution in [3.8, 4) is 11.1 Å². The van der Waals surface area contributed by atoms with Crippen LogP contribution in [0.15, 0.2) is 48.5 Å². The summed E-state index contributed by atoms with van der Waals surface area (Å²) in [7, 11) is -3.38. The van der Waals surface area contributed by atoms with Crippen molar-refractivity contribution >= 4 is 33.8 Å². The summed E-state index contributed by atoms with van der Waals surface area (Å²) in [6.45, 7) is 3.95. The van der Waals surface area contributed by atoms with Crippen molar-refractivity contribution in [2.45, 2.75) is 63.9 Å². The summed E-state index contributed by atoms with van der Waals surface area (Å²) < 4.78 is 26.8. The van der Waals surface area contributed by atoms with E-state index in [-0.39, 0.29) is 34.3 Å². The van der Waals surface area contributed by atoms with E-state index < -0.39 is 40.6 Å². The van der Waals surface area contributed by atoms with Gasteiger partial charge in [-0.05, 0) is 0 Å². The zero-order valence-corrected chi connectivity index (χ0v) is 26.1. The molecular weight excluding hydrogens is 586 g/mol. The SMILES string of the molecule is CC(C)[C@@H](C[P@@](=O)(C[As]C(=O)OCC1c2ccccc2-c2ccccc21)OC12CC3CC(CC(C3)C1)C2)C(=O)O. The second-order valence-corrected chi connectivity index (χ2v) is 18.7. The number of carboxylic acids is 1. The molecule has 5 aliphatic carbocycles. The van der Waals surface area contributed by atoms with E-state index in [0.29, 0.717) is 17.8 Å². The van der Waals surface area contributed by atoms with Gasteiger partial charge in [0, 0.05) is 0 Å². The normalized spacial score (nSPS) is 28.9. The van der Waals surface area contributed by atoms with Gasteiger partial charge in [0.1, 0.15) is 0 Å². The van der Waals surface area contributed by atoms with Crippen LogP contribution in [0.5, 0.6) is 0 Å². The summed E-state index contributed by atoms with van der Waals surface area (Å²) in [5, 5.41) is 9.92. The molecule has 4 saturated carbocycles. The predicted molar refractivity (Wildman–Crippen MR) is 156 cm³/mol. The number of carbonyl (C=O) groups excluding carboxylic acids is 1. The Morgan fingerprint density at radius 3 is 1.98 bits per heavy atom. The Morgan fingerprint density at radius 1 is 0.950 bits per heavy atom. The van der Waals surface area contributed by atoms with Gasteiger partial charge < -0.3 is 0 Å². The number of benzene rings is 2. The second kappa shape index (κ2) is 11.1. The standard InChI is InChI=1S/C32H39AsO6P/c1-20(2)29(30(34)35)18-40(37,39-32-14-21-11-22(15-32)13-23(12-21)16-32)19-33-31(36)38-17-28-26-9-5-3-7-24(26)25-8-4-6-10-27(25)28/h3-10,20-23,28-29H,11-19H2,1-2H3,(H,34,35)/t21?,22?,23?,29-,32?,40+/m1/s1. The van der Waals surface area contributed by atoms with Gasteiger partial charge in [-0.2, -0.15) is 0 Å². The average molecular weight is 626 g/mol. The maximum absolute atomic E-state index is 14.5. The van der Waals surface area contributed by atoms with E-state index in [1.807, 2.05) is 38.1 Å². The predicted octanol–water partition coefficient (Wildman–Crippen LogP) is 7.22. The second-order valence-electron chi connectivity index (χ2n) is 13.0. The van der Waals surface area contributed by atoms with Crippen LogP contribution in [0.2, 0.25) is 0 Å². The third kappa shape index (κ3) is 5.61. The van der Waals surface area contributed by atoms with E-state index in [4.69, 9.17) is 9.26 Å². The van der Waals surface area contributed by atoms with Crippen molar-refractivity contribution in [1.82, 2.24) is 0 Å². The van der Waals surface area contributed by atoms with E-state index in [0.717, 1.165) is 30.4 Å². The number of aliphatic carboxylic acids is 1. The first-order valence-corrected chi connectivity index (χ1v) is 18.9. The molecule has 0 amide bonds. The minimum atomic E-state index is -3.38. The molecule has 40 heavy (non-hydrogen) atoms. The number of hydrogen-bond acceptors (Lipinski definition) is 5. The molecule has 4 bridgehead atoms. The van der Waals surface area contributed by atoms with Gasteiger partial charge in [0.15, 0.2) is 0 Å². The van der Waals surface area contributed by atoms with Gasteiger partial charge >= 0.3 is 244 Å². The first kappa shape index (κ1) is 28.3. The molecule has 213 valence electrons. The third-order valence-corrected chi connectivity index (χ3v) is 16.3. The number of rotatable bonds is 11. The average Bonchev–Trinajstić information content (AvgIpc) is 3.22. The Kier molecular flexibility index (Phi) is 7.83. The van der Waals surface area contributed by atoms with Gasteiger partial charge in [0.05, 0.1) is 0 Å². The Bertz CT molecular complexity index is 1260. The number of carboxylic acid groups (broad SMARTS) is 1. The van der Waals surface area contributed by atoms with Gasteiger partial charge in [-0.1, -0.05) is 0 Å². The number of ether oxygens (including phenoxy) is 1. The fourth-order valence-corrected chi connectivity index (χ4v) is 14.5. The first-order valence-electron chi connectivity index (χ1n) is 14.7. The van der Waals surface area contributed by atoms with Crippen molar-refractivity contribution in [1.29, 1.82) is 0 Å². The van der Waals surface area contributed by atoms with Gasteiger partial charge in [-0.25, -0.2) is 0 Å². The van der Waals surface area contributed by atoms with E-state index in [2.05, 4.69) is 24.3 Å². The molecule has 5 aliphatic rings. The molecule has 0 heterocycles. The van der Waals surface area contributed by atoms with Crippen molar-refractivity contribution in [3.05, 3.63) is 59.7 Å². The molecule has 0 spiro atoms. The molecule has 0 unspecified atom stereocenters. The van der Waals surface area contributed by atoms with Crippen LogP contribution in [0, 0.1) is 29.6 Å². The molecule has 4 fully saturated rings. The molecule has 1 radical (unpaired) electrons. The Hall–Kier alpha value is -1.87. The quantitative estimate of drug-likeness (QED) is 0.210. The molecule has 7 rings (SSSR count). The zero-order valence-electron chi connectivity index (χ0n) is 23.3. The van der Waals surface area contributed by atoms with Crippen LogP contribution in [-0.2, 0) is 18.6 Å². The monoisotopic (exact) mass is 625 g/mol. The van der Waals surface area contributed by atoms with Crippen LogP contribution < -0.4 is 0 Å². The molecule has 0 aromatic heterocycles. The van der Waals surface area contributed by atoms with Gasteiger partial charge in [-0.3, -0.25) is 0 Å². The van der Waals surface area contributed by atoms with Crippen LogP contribution in [-0.4, -0.2) is 54.9 Å². The van der Waals surface area contributed by atoms with E-state index in [1.54, 1.807) is 0 Å². The molecule has 2 aromatic carbocycles. The van der Waals surface area contributed by atoms with Crippen LogP contribution >= 0.6 is 7.37 Å². The summed E-state index contributed by atoms with van der Waals surface area (Å²) in [5.41, 5.74) is 4.25. The molecule has 6 nitrogen and oxygen atoms in total. The Morgan fingerprint density at radius 2 is 1.48 bits per heavy atom. The summed E-state index contributed by atoms with van der Waals surface area (Å²) in [6.07, 6.45) is 6.47. The van der Waals surface area contributed by atoms with Crippen LogP contribution in [0.25, 0.3) is 11.1 Å². The minimum absolute atomic E-state index is 0.00592. The van der Waals surface area contributed by atoms with Crippen molar-refractivity contribution in [2.24, 2.45) is 29.6 Å². The van der Waals surface area contributed by atoms with Crippen LogP contribution in [0.1, 0.15) is 69.4 Å². The number of fused-ring (bicyclic) bond motifs is 3. The van der Waals surface area contributed by atoms with Crippen molar-refractivity contribution in [3.63, 3.8) is 0 Å². The van der Waals surface area contributed by atoms with Crippen LogP contribution in [0.4, 0.5) is 4.79 Å². The topological polar surface area (TPSA) is 89.9 Å². The van der Waals surface area contributed by atoms with Crippen LogP contribution in [0.3, 0.4) is 0 Å². The summed E-state index contributed by atoms with van der Waals surface area (Å²) in [4.78, 5) is 25.3. The maximum atomic E-state index is 14.5. The van der Waals surface area contributed by atoms with Crippen molar-refractivity contribution in [2.75, 3.05) is 17.7 Å². The molecule has 2 atom stereocenters. The first-order chi connectivity index (χ1) is 19.1. The van der Waals surface area contributed by atoms with E-state index in [1.165, 1.54) is 30.4 Å². The fourth-order valence-electron chi connectivity index (χ4n) is 8.30. The molecular formula is C32H39AsO6P. The Labute approximate surface area is 243 Å². The van der Waals surface area contributed by atoms with Gasteiger partial charge in [-0.15, -0.1) is 0 Å². The van der Waals surface area contributed by atoms with E-state index >= 15 is 0 Å². The molecule has 0 aliphatic heterocycles. The fraction of sp³-hybridized carbons (Fsp3) is 0.562. The summed E-state index contributed by atoms with van der Waals surface area (Å²) >= 11 is -1.07. The molecule has 0 saturated heterocycles. The summed E-state index contributed by atoms with van der Waals surface area (Å²) in [5.74, 6) is -0.0342. The Balaban J connectivity index is 1.15. The number of carbonyl (C=O) groups is 2. The molecule has 1 N–H and O–H groups in total. The van der Waals surface area contributed by atoms with Gasteiger partial charge in [0.2, 0.25) is 0 Å². The van der Waals surface area contributed by atoms with Crippen molar-refractivity contribution < 1.29 is 28.5 Å².